The summed E-state index contributed by atoms with van der Waals surface area (Å²) in [4.78, 5) is 5.53. The first-order valence-electron chi connectivity index (χ1n) is 7.11. The van der Waals surface area contributed by atoms with E-state index in [9.17, 15) is 4.39 Å². The van der Waals surface area contributed by atoms with Crippen molar-refractivity contribution in [1.29, 1.82) is 0 Å². The van der Waals surface area contributed by atoms with Crippen LogP contribution in [-0.2, 0) is 6.42 Å². The molecule has 1 atom stereocenters. The molecule has 1 N–H and O–H groups in total. The van der Waals surface area contributed by atoms with Crippen LogP contribution in [-0.4, -0.2) is 17.6 Å². The monoisotopic (exact) mass is 290 g/mol. The second-order valence-electron chi connectivity index (χ2n) is 5.45. The number of rotatable bonds is 6. The van der Waals surface area contributed by atoms with Crippen molar-refractivity contribution in [3.05, 3.63) is 51.7 Å². The molecule has 20 heavy (non-hydrogen) atoms. The minimum absolute atomic E-state index is 0.101. The third kappa shape index (κ3) is 3.44. The number of nitrogens with one attached hydrogen (secondary N) is 1. The van der Waals surface area contributed by atoms with E-state index in [1.807, 2.05) is 25.3 Å². The van der Waals surface area contributed by atoms with Crippen LogP contribution in [0, 0.1) is 12.7 Å². The highest BCUT2D eigenvalue weighted by Gasteiger charge is 2.24. The molecular weight excluding hydrogens is 271 g/mol. The van der Waals surface area contributed by atoms with Crippen molar-refractivity contribution < 1.29 is 4.39 Å². The highest BCUT2D eigenvalue weighted by atomic mass is 32.1. The third-order valence-electron chi connectivity index (χ3n) is 3.69. The molecule has 1 aromatic carbocycles. The molecule has 1 heterocycles. The Labute approximate surface area is 123 Å². The molecule has 0 saturated heterocycles. The summed E-state index contributed by atoms with van der Waals surface area (Å²) in [6.45, 7) is 2.84. The predicted octanol–water partition coefficient (Wildman–Crippen LogP) is 3.67. The van der Waals surface area contributed by atoms with E-state index in [-0.39, 0.29) is 11.7 Å². The van der Waals surface area contributed by atoms with E-state index in [0.29, 0.717) is 6.04 Å². The van der Waals surface area contributed by atoms with Crippen molar-refractivity contribution in [3.8, 4) is 0 Å². The van der Waals surface area contributed by atoms with Crippen molar-refractivity contribution in [2.45, 2.75) is 38.1 Å². The maximum Gasteiger partial charge on any atom is 0.126 e. The van der Waals surface area contributed by atoms with E-state index < -0.39 is 0 Å². The van der Waals surface area contributed by atoms with E-state index in [2.05, 4.69) is 10.3 Å². The Kier molecular flexibility index (Phi) is 4.13. The van der Waals surface area contributed by atoms with Crippen LogP contribution in [0.1, 0.15) is 34.2 Å². The summed E-state index contributed by atoms with van der Waals surface area (Å²) >= 11 is 1.71. The summed E-state index contributed by atoms with van der Waals surface area (Å²) in [6.07, 6.45) is 5.28. The normalized spacial score (nSPS) is 16.3. The molecule has 106 valence electrons. The van der Waals surface area contributed by atoms with Crippen molar-refractivity contribution in [2.75, 3.05) is 6.54 Å². The average molecular weight is 290 g/mol. The standard InChI is InChI=1S/C16H19FN2S/c1-11-18-10-14(20-11)8-12(9-19-13-6-7-13)15-4-2-3-5-16(15)17/h2-5,10,12-13,19H,6-9H2,1H3. The van der Waals surface area contributed by atoms with Gasteiger partial charge in [-0.1, -0.05) is 18.2 Å². The number of thiazole rings is 1. The number of nitrogens with zero attached hydrogens (tertiary/aromatic N) is 1. The minimum Gasteiger partial charge on any atom is -0.313 e. The van der Waals surface area contributed by atoms with Gasteiger partial charge in [-0.3, -0.25) is 0 Å². The van der Waals surface area contributed by atoms with Gasteiger partial charge in [0.25, 0.3) is 0 Å². The molecule has 0 spiro atoms. The lowest BCUT2D eigenvalue weighted by Gasteiger charge is -2.18. The molecule has 2 nitrogen and oxygen atoms in total. The second kappa shape index (κ2) is 6.02. The fraction of sp³-hybridized carbons (Fsp3) is 0.438. The van der Waals surface area contributed by atoms with Gasteiger partial charge in [0.2, 0.25) is 0 Å². The van der Waals surface area contributed by atoms with E-state index in [0.717, 1.165) is 23.5 Å². The van der Waals surface area contributed by atoms with E-state index in [4.69, 9.17) is 0 Å². The van der Waals surface area contributed by atoms with Gasteiger partial charge in [0, 0.05) is 29.6 Å². The Bertz CT molecular complexity index is 577. The Morgan fingerprint density at radius 2 is 2.20 bits per heavy atom. The largest absolute Gasteiger partial charge is 0.313 e. The number of benzene rings is 1. The lowest BCUT2D eigenvalue weighted by Crippen LogP contribution is -2.25. The number of aryl methyl sites for hydroxylation is 1. The van der Waals surface area contributed by atoms with Gasteiger partial charge in [-0.15, -0.1) is 11.3 Å². The molecule has 3 rings (SSSR count). The fourth-order valence-electron chi connectivity index (χ4n) is 2.44. The van der Waals surface area contributed by atoms with Crippen LogP contribution in [0.2, 0.25) is 0 Å². The maximum atomic E-state index is 14.0. The van der Waals surface area contributed by atoms with Crippen LogP contribution >= 0.6 is 11.3 Å². The molecule has 0 radical (unpaired) electrons. The molecule has 0 bridgehead atoms. The third-order valence-corrected chi connectivity index (χ3v) is 4.63. The SMILES string of the molecule is Cc1ncc(CC(CNC2CC2)c2ccccc2F)s1. The van der Waals surface area contributed by atoms with Gasteiger partial charge in [-0.25, -0.2) is 9.37 Å². The molecule has 1 unspecified atom stereocenters. The minimum atomic E-state index is -0.101. The van der Waals surface area contributed by atoms with Crippen LogP contribution in [0.4, 0.5) is 4.39 Å². The van der Waals surface area contributed by atoms with E-state index in [1.165, 1.54) is 17.7 Å². The lowest BCUT2D eigenvalue weighted by molar-refractivity contribution is 0.537. The second-order valence-corrected chi connectivity index (χ2v) is 6.77. The molecule has 1 aliphatic rings. The van der Waals surface area contributed by atoms with Crippen LogP contribution in [0.5, 0.6) is 0 Å². The van der Waals surface area contributed by atoms with Gasteiger partial charge < -0.3 is 5.32 Å². The summed E-state index contributed by atoms with van der Waals surface area (Å²) in [5.74, 6) is 0.0768. The van der Waals surface area contributed by atoms with Crippen molar-refractivity contribution in [2.24, 2.45) is 0 Å². The Balaban J connectivity index is 1.77. The number of hydrogen-bond donors (Lipinski definition) is 1. The summed E-state index contributed by atoms with van der Waals surface area (Å²) < 4.78 is 14.0. The predicted molar refractivity (Wildman–Crippen MR) is 80.7 cm³/mol. The quantitative estimate of drug-likeness (QED) is 0.878. The van der Waals surface area contributed by atoms with Crippen molar-refractivity contribution in [3.63, 3.8) is 0 Å². The average Bonchev–Trinajstić information content (AvgIpc) is 3.18. The Hall–Kier alpha value is -1.26. The van der Waals surface area contributed by atoms with Crippen LogP contribution < -0.4 is 5.32 Å². The fourth-order valence-corrected chi connectivity index (χ4v) is 3.31. The van der Waals surface area contributed by atoms with Gasteiger partial charge >= 0.3 is 0 Å². The van der Waals surface area contributed by atoms with Crippen LogP contribution in [0.25, 0.3) is 0 Å². The molecule has 1 saturated carbocycles. The zero-order valence-corrected chi connectivity index (χ0v) is 12.4. The highest BCUT2D eigenvalue weighted by Crippen LogP contribution is 2.27. The zero-order chi connectivity index (χ0) is 13.9. The van der Waals surface area contributed by atoms with E-state index >= 15 is 0 Å². The summed E-state index contributed by atoms with van der Waals surface area (Å²) in [7, 11) is 0. The van der Waals surface area contributed by atoms with Gasteiger partial charge in [0.15, 0.2) is 0 Å². The van der Waals surface area contributed by atoms with Gasteiger partial charge in [0.1, 0.15) is 5.82 Å². The Morgan fingerprint density at radius 3 is 2.85 bits per heavy atom. The van der Waals surface area contributed by atoms with Crippen LogP contribution in [0.15, 0.2) is 30.5 Å². The molecule has 1 fully saturated rings. The Morgan fingerprint density at radius 1 is 1.40 bits per heavy atom. The van der Waals surface area contributed by atoms with Crippen LogP contribution in [0.3, 0.4) is 0 Å². The van der Waals surface area contributed by atoms with Gasteiger partial charge in [0.05, 0.1) is 5.01 Å². The zero-order valence-electron chi connectivity index (χ0n) is 11.6. The molecule has 0 amide bonds. The molecule has 4 heteroatoms. The molecule has 1 aliphatic carbocycles. The first-order chi connectivity index (χ1) is 9.72. The topological polar surface area (TPSA) is 24.9 Å². The van der Waals surface area contributed by atoms with Gasteiger partial charge in [-0.2, -0.15) is 0 Å². The maximum absolute atomic E-state index is 14.0. The summed E-state index contributed by atoms with van der Waals surface area (Å²) in [6, 6.07) is 7.77. The molecule has 0 aliphatic heterocycles. The molecule has 1 aromatic heterocycles. The van der Waals surface area contributed by atoms with Gasteiger partial charge in [-0.05, 0) is 37.8 Å². The summed E-state index contributed by atoms with van der Waals surface area (Å²) in [5.41, 5.74) is 0.812. The molecular formula is C16H19FN2S. The first kappa shape index (κ1) is 13.7. The molecule has 2 aromatic rings. The van der Waals surface area contributed by atoms with Crippen molar-refractivity contribution in [1.82, 2.24) is 10.3 Å². The lowest BCUT2D eigenvalue weighted by atomic mass is 9.94. The van der Waals surface area contributed by atoms with E-state index in [1.54, 1.807) is 23.5 Å². The first-order valence-corrected chi connectivity index (χ1v) is 7.93. The smallest absolute Gasteiger partial charge is 0.126 e. The number of hydrogen-bond acceptors (Lipinski definition) is 3. The highest BCUT2D eigenvalue weighted by molar-refractivity contribution is 7.11. The number of halogens is 1. The van der Waals surface area contributed by atoms with Crippen molar-refractivity contribution >= 4 is 11.3 Å². The number of aromatic nitrogens is 1. The summed E-state index contributed by atoms with van der Waals surface area (Å²) in [5, 5.41) is 4.60.